The highest BCUT2D eigenvalue weighted by molar-refractivity contribution is 8.76. The van der Waals surface area contributed by atoms with Gasteiger partial charge in [0.2, 0.25) is 0 Å². The normalized spacial score (nSPS) is 20.8. The summed E-state index contributed by atoms with van der Waals surface area (Å²) >= 11 is 0. The minimum Gasteiger partial charge on any atom is -0.493 e. The molecule has 302 valence electrons. The predicted octanol–water partition coefficient (Wildman–Crippen LogP) is 6.37. The number of ether oxygens (including phenoxy) is 6. The predicted molar refractivity (Wildman–Crippen MR) is 219 cm³/mol. The summed E-state index contributed by atoms with van der Waals surface area (Å²) < 4.78 is 34.9. The van der Waals surface area contributed by atoms with E-state index in [0.717, 1.165) is 30.4 Å². The SMILES string of the molecule is C=C1C[C@H]2C=Nc3cc(OCCCCCOc4cc(N)c(C(=O)N5CC(=C)C[C@H]5[C@H]5OCCN5C(=O)OCC(C)SSC)cc4OC)c(OC)cc3C(=O)N2C1. The molecule has 14 nitrogen and oxygen atoms in total. The highest BCUT2D eigenvalue weighted by Crippen LogP contribution is 2.39. The van der Waals surface area contributed by atoms with Crippen LogP contribution < -0.4 is 24.7 Å². The lowest BCUT2D eigenvalue weighted by molar-refractivity contribution is -0.0206. The zero-order valence-electron chi connectivity index (χ0n) is 32.5. The molecule has 1 unspecified atom stereocenters. The lowest BCUT2D eigenvalue weighted by atomic mass is 10.1. The molecule has 0 aliphatic carbocycles. The lowest BCUT2D eigenvalue weighted by Crippen LogP contribution is -2.51. The van der Waals surface area contributed by atoms with Gasteiger partial charge < -0.3 is 44.0 Å². The second-order valence-electron chi connectivity index (χ2n) is 14.2. The van der Waals surface area contributed by atoms with E-state index in [9.17, 15) is 14.4 Å². The van der Waals surface area contributed by atoms with Gasteiger partial charge in [0.05, 0.1) is 69.5 Å². The number of nitrogens with two attached hydrogens (primary N) is 1. The van der Waals surface area contributed by atoms with Crippen LogP contribution in [0.25, 0.3) is 0 Å². The quantitative estimate of drug-likeness (QED) is 0.0868. The molecule has 4 aliphatic heterocycles. The molecule has 0 spiro atoms. The fourth-order valence-corrected chi connectivity index (χ4v) is 8.91. The maximum Gasteiger partial charge on any atom is 0.412 e. The number of carbonyl (C=O) groups excluding carboxylic acids is 3. The topological polar surface area (TPSA) is 155 Å². The molecule has 2 aromatic rings. The van der Waals surface area contributed by atoms with E-state index in [-0.39, 0.29) is 41.0 Å². The van der Waals surface area contributed by atoms with Crippen LogP contribution in [0.4, 0.5) is 16.2 Å². The van der Waals surface area contributed by atoms with Crippen molar-refractivity contribution in [3.05, 3.63) is 59.7 Å². The molecular formula is C40H51N5O9S2. The van der Waals surface area contributed by atoms with Gasteiger partial charge in [-0.2, -0.15) is 0 Å². The third kappa shape index (κ3) is 9.18. The summed E-state index contributed by atoms with van der Waals surface area (Å²) in [4.78, 5) is 50.0. The molecule has 56 heavy (non-hydrogen) atoms. The van der Waals surface area contributed by atoms with E-state index < -0.39 is 18.4 Å². The first kappa shape index (κ1) is 41.1. The summed E-state index contributed by atoms with van der Waals surface area (Å²) in [5.74, 6) is 1.40. The van der Waals surface area contributed by atoms with E-state index >= 15 is 0 Å². The molecule has 4 heterocycles. The van der Waals surface area contributed by atoms with Crippen molar-refractivity contribution in [2.24, 2.45) is 4.99 Å². The van der Waals surface area contributed by atoms with Crippen molar-refractivity contribution in [3.8, 4) is 23.0 Å². The number of carbonyl (C=O) groups is 3. The number of methoxy groups -OCH3 is 2. The number of aliphatic imine (C=N–C) groups is 1. The van der Waals surface area contributed by atoms with Gasteiger partial charge >= 0.3 is 6.09 Å². The fourth-order valence-electron chi connectivity index (χ4n) is 7.31. The Morgan fingerprint density at radius 2 is 1.66 bits per heavy atom. The van der Waals surface area contributed by atoms with Crippen molar-refractivity contribution in [1.82, 2.24) is 14.7 Å². The third-order valence-corrected chi connectivity index (χ3v) is 12.3. The maximum atomic E-state index is 14.0. The molecule has 2 N–H and O–H groups in total. The summed E-state index contributed by atoms with van der Waals surface area (Å²) in [6, 6.07) is 6.12. The summed E-state index contributed by atoms with van der Waals surface area (Å²) in [5, 5.41) is 0.137. The Bertz CT molecular complexity index is 1860. The Balaban J connectivity index is 1.01. The number of anilines is 1. The smallest absolute Gasteiger partial charge is 0.412 e. The standard InChI is InChI=1S/C40H51N5O9S2/c1-24-14-27-20-42-31-19-36(34(50-5)17-29(31)38(47)44(27)21-24)52-12-9-7-8-11-51-35-18-30(41)28(16-33(35)49-4)37(46)45-22-25(2)15-32(45)39-43(10-13-53-39)40(48)54-23-26(3)56-55-6/h16-20,26-27,32,39H,1-2,7-15,21-23,41H2,3-6H3/t26?,27-,32-,39+/m0/s1. The van der Waals surface area contributed by atoms with Gasteiger partial charge in [-0.25, -0.2) is 4.79 Å². The van der Waals surface area contributed by atoms with Crippen LogP contribution in [0.5, 0.6) is 23.0 Å². The fraction of sp³-hybridized carbons (Fsp3) is 0.500. The molecule has 0 aromatic heterocycles. The van der Waals surface area contributed by atoms with Gasteiger partial charge in [-0.15, -0.1) is 0 Å². The molecule has 0 radical (unpaired) electrons. The van der Waals surface area contributed by atoms with E-state index in [1.165, 1.54) is 7.11 Å². The van der Waals surface area contributed by atoms with Gasteiger partial charge in [0.15, 0.2) is 29.2 Å². The first-order valence-electron chi connectivity index (χ1n) is 18.7. The van der Waals surface area contributed by atoms with E-state index in [2.05, 4.69) is 18.2 Å². The van der Waals surface area contributed by atoms with Crippen molar-refractivity contribution in [3.63, 3.8) is 0 Å². The monoisotopic (exact) mass is 809 g/mol. The molecule has 3 amide bonds. The number of amides is 3. The van der Waals surface area contributed by atoms with Crippen LogP contribution in [-0.2, 0) is 9.47 Å². The molecule has 3 fully saturated rings. The third-order valence-electron chi connectivity index (χ3n) is 10.1. The first-order valence-corrected chi connectivity index (χ1v) is 21.3. The first-order chi connectivity index (χ1) is 27.0. The van der Waals surface area contributed by atoms with Crippen molar-refractivity contribution >= 4 is 57.1 Å². The Hall–Kier alpha value is -4.54. The Labute approximate surface area is 336 Å². The second-order valence-corrected chi connectivity index (χ2v) is 17.1. The van der Waals surface area contributed by atoms with Crippen LogP contribution in [0.1, 0.15) is 59.7 Å². The van der Waals surface area contributed by atoms with E-state index in [1.54, 1.807) is 67.7 Å². The number of hydrogen-bond donors (Lipinski definition) is 1. The molecule has 3 saturated heterocycles. The van der Waals surface area contributed by atoms with E-state index in [1.807, 2.05) is 19.4 Å². The molecule has 6 rings (SSSR count). The van der Waals surface area contributed by atoms with Gasteiger partial charge in [-0.1, -0.05) is 45.9 Å². The second kappa shape index (κ2) is 18.6. The molecule has 4 atom stereocenters. The number of fused-ring (bicyclic) bond motifs is 2. The van der Waals surface area contributed by atoms with Gasteiger partial charge in [-0.3, -0.25) is 19.5 Å². The molecule has 4 aliphatic rings. The minimum atomic E-state index is -0.672. The van der Waals surface area contributed by atoms with Crippen molar-refractivity contribution < 1.29 is 42.8 Å². The number of rotatable bonds is 16. The van der Waals surface area contributed by atoms with Crippen LogP contribution in [0.15, 0.2) is 53.6 Å². The molecule has 2 aromatic carbocycles. The van der Waals surface area contributed by atoms with Gasteiger partial charge in [0.1, 0.15) is 6.61 Å². The number of hydrogen-bond acceptors (Lipinski definition) is 13. The molecule has 0 saturated carbocycles. The minimum absolute atomic E-state index is 0.0906. The Morgan fingerprint density at radius 1 is 0.964 bits per heavy atom. The van der Waals surface area contributed by atoms with Crippen LogP contribution in [-0.4, -0.2) is 129 Å². The van der Waals surface area contributed by atoms with Crippen LogP contribution in [0, 0.1) is 0 Å². The summed E-state index contributed by atoms with van der Waals surface area (Å²) in [7, 11) is 6.32. The van der Waals surface area contributed by atoms with E-state index in [0.29, 0.717) is 86.5 Å². The average Bonchev–Trinajstić information content (AvgIpc) is 3.91. The van der Waals surface area contributed by atoms with Crippen molar-refractivity contribution in [1.29, 1.82) is 0 Å². The number of nitrogen functional groups attached to an aromatic ring is 1. The molecule has 0 bridgehead atoms. The zero-order chi connectivity index (χ0) is 39.9. The Kier molecular flexibility index (Phi) is 13.7. The van der Waals surface area contributed by atoms with Crippen molar-refractivity contribution in [2.45, 2.75) is 62.6 Å². The van der Waals surface area contributed by atoms with Crippen molar-refractivity contribution in [2.75, 3.05) is 72.3 Å². The van der Waals surface area contributed by atoms with E-state index in [4.69, 9.17) is 34.2 Å². The lowest BCUT2D eigenvalue weighted by Gasteiger charge is -2.33. The van der Waals surface area contributed by atoms with Gasteiger partial charge in [-0.05, 0) is 57.4 Å². The van der Waals surface area contributed by atoms with Crippen LogP contribution >= 0.6 is 21.6 Å². The number of unbranched alkanes of at least 4 members (excludes halogenated alkanes) is 2. The summed E-state index contributed by atoms with van der Waals surface area (Å²) in [5.41, 5.74) is 9.87. The zero-order valence-corrected chi connectivity index (χ0v) is 34.1. The number of likely N-dealkylation sites (tertiary alicyclic amines) is 1. The highest BCUT2D eigenvalue weighted by atomic mass is 33.1. The average molecular weight is 810 g/mol. The van der Waals surface area contributed by atoms with Crippen LogP contribution in [0.3, 0.4) is 0 Å². The highest BCUT2D eigenvalue weighted by Gasteiger charge is 2.45. The molecular weight excluding hydrogens is 759 g/mol. The molecule has 16 heteroatoms. The van der Waals surface area contributed by atoms with Gasteiger partial charge in [0, 0.05) is 42.4 Å². The largest absolute Gasteiger partial charge is 0.493 e. The Morgan fingerprint density at radius 3 is 2.38 bits per heavy atom. The van der Waals surface area contributed by atoms with Crippen LogP contribution in [0.2, 0.25) is 0 Å². The number of benzene rings is 2. The number of nitrogens with zero attached hydrogens (tertiary/aromatic N) is 4. The summed E-state index contributed by atoms with van der Waals surface area (Å²) in [6.45, 7) is 12.8. The maximum absolute atomic E-state index is 14.0. The summed E-state index contributed by atoms with van der Waals surface area (Å²) in [6.07, 6.45) is 6.12. The van der Waals surface area contributed by atoms with Gasteiger partial charge in [0.25, 0.3) is 11.8 Å².